The van der Waals surface area contributed by atoms with Crippen LogP contribution >= 0.6 is 0 Å². The van der Waals surface area contributed by atoms with Crippen molar-refractivity contribution in [1.82, 2.24) is 4.90 Å². The van der Waals surface area contributed by atoms with E-state index >= 15 is 0 Å². The lowest BCUT2D eigenvalue weighted by molar-refractivity contribution is -0.934. The van der Waals surface area contributed by atoms with Gasteiger partial charge in [0.25, 0.3) is 5.91 Å². The first-order valence-corrected chi connectivity index (χ1v) is 8.13. The highest BCUT2D eigenvalue weighted by Gasteiger charge is 2.30. The van der Waals surface area contributed by atoms with Gasteiger partial charge < -0.3 is 19.3 Å². The molecular formula is C17H25N2O3+. The zero-order valence-corrected chi connectivity index (χ0v) is 13.2. The van der Waals surface area contributed by atoms with E-state index in [4.69, 9.17) is 9.47 Å². The number of morpholine rings is 1. The molecule has 0 bridgehead atoms. The highest BCUT2D eigenvalue weighted by Crippen LogP contribution is 2.16. The Morgan fingerprint density at radius 3 is 2.41 bits per heavy atom. The van der Waals surface area contributed by atoms with Gasteiger partial charge in [-0.2, -0.15) is 0 Å². The molecule has 0 unspecified atom stereocenters. The molecule has 2 aliphatic rings. The van der Waals surface area contributed by atoms with E-state index in [1.165, 1.54) is 0 Å². The van der Waals surface area contributed by atoms with Crippen molar-refractivity contribution in [3.63, 3.8) is 0 Å². The summed E-state index contributed by atoms with van der Waals surface area (Å²) >= 11 is 0. The average molecular weight is 305 g/mol. The van der Waals surface area contributed by atoms with Crippen LogP contribution in [-0.2, 0) is 4.74 Å². The Labute approximate surface area is 131 Å². The Morgan fingerprint density at radius 1 is 1.18 bits per heavy atom. The predicted molar refractivity (Wildman–Crippen MR) is 83.4 cm³/mol. The smallest absolute Gasteiger partial charge is 0.253 e. The number of hydrogen-bond acceptors (Lipinski definition) is 3. The number of nitrogens with one attached hydrogen (secondary N) is 1. The van der Waals surface area contributed by atoms with E-state index in [1.54, 1.807) is 12.0 Å². The number of quaternary nitrogens is 1. The van der Waals surface area contributed by atoms with Crippen molar-refractivity contribution in [2.45, 2.75) is 18.9 Å². The second-order valence-electron chi connectivity index (χ2n) is 6.07. The molecule has 2 fully saturated rings. The van der Waals surface area contributed by atoms with Gasteiger partial charge in [0.2, 0.25) is 0 Å². The molecule has 1 aromatic rings. The summed E-state index contributed by atoms with van der Waals surface area (Å²) in [6.45, 7) is 5.69. The molecule has 3 rings (SSSR count). The fourth-order valence-corrected chi connectivity index (χ4v) is 3.45. The van der Waals surface area contributed by atoms with Crippen LogP contribution in [0.1, 0.15) is 23.2 Å². The third-order valence-corrected chi connectivity index (χ3v) is 4.83. The van der Waals surface area contributed by atoms with Crippen LogP contribution in [0.25, 0.3) is 0 Å². The summed E-state index contributed by atoms with van der Waals surface area (Å²) < 4.78 is 10.6. The highest BCUT2D eigenvalue weighted by molar-refractivity contribution is 5.94. The first-order valence-electron chi connectivity index (χ1n) is 8.13. The molecule has 0 spiro atoms. The van der Waals surface area contributed by atoms with Gasteiger partial charge in [-0.25, -0.2) is 0 Å². The topological polar surface area (TPSA) is 43.2 Å². The molecule has 2 heterocycles. The summed E-state index contributed by atoms with van der Waals surface area (Å²) in [5.41, 5.74) is 0.748. The van der Waals surface area contributed by atoms with Gasteiger partial charge in [-0.1, -0.05) is 0 Å². The lowest BCUT2D eigenvalue weighted by Gasteiger charge is -2.37. The molecule has 1 aromatic carbocycles. The van der Waals surface area contributed by atoms with Crippen molar-refractivity contribution in [2.24, 2.45) is 0 Å². The third kappa shape index (κ3) is 3.42. The van der Waals surface area contributed by atoms with Gasteiger partial charge >= 0.3 is 0 Å². The van der Waals surface area contributed by atoms with Crippen molar-refractivity contribution >= 4 is 5.91 Å². The van der Waals surface area contributed by atoms with Crippen LogP contribution in [0.5, 0.6) is 5.75 Å². The third-order valence-electron chi connectivity index (χ3n) is 4.83. The van der Waals surface area contributed by atoms with E-state index < -0.39 is 0 Å². The zero-order chi connectivity index (χ0) is 15.4. The van der Waals surface area contributed by atoms with Gasteiger partial charge in [-0.05, 0) is 24.3 Å². The normalized spacial score (nSPS) is 20.9. The molecule has 2 aliphatic heterocycles. The van der Waals surface area contributed by atoms with Gasteiger partial charge in [0.15, 0.2) is 0 Å². The summed E-state index contributed by atoms with van der Waals surface area (Å²) in [6, 6.07) is 8.07. The predicted octanol–water partition coefficient (Wildman–Crippen LogP) is 0.215. The summed E-state index contributed by atoms with van der Waals surface area (Å²) in [5.74, 6) is 0.921. The zero-order valence-electron chi connectivity index (χ0n) is 13.2. The average Bonchev–Trinajstić information content (AvgIpc) is 2.62. The van der Waals surface area contributed by atoms with Crippen molar-refractivity contribution in [2.75, 3.05) is 46.5 Å². The minimum atomic E-state index is 0.137. The number of carbonyl (C=O) groups excluding carboxylic acids is 1. The van der Waals surface area contributed by atoms with Gasteiger partial charge in [0, 0.05) is 31.5 Å². The molecule has 0 saturated carbocycles. The van der Waals surface area contributed by atoms with E-state index in [-0.39, 0.29) is 5.91 Å². The van der Waals surface area contributed by atoms with Crippen LogP contribution in [0, 0.1) is 0 Å². The number of hydrogen-bond donors (Lipinski definition) is 1. The standard InChI is InChI=1S/C17H24N2O3/c1-21-16-4-2-14(3-5-16)17(20)19-8-6-15(7-9-19)18-10-12-22-13-11-18/h2-5,15H,6-13H2,1H3/p+1. The molecule has 22 heavy (non-hydrogen) atoms. The molecular weight excluding hydrogens is 280 g/mol. The summed E-state index contributed by atoms with van der Waals surface area (Å²) in [6.07, 6.45) is 2.19. The number of likely N-dealkylation sites (tertiary alicyclic amines) is 1. The minimum absolute atomic E-state index is 0.137. The number of nitrogens with zero attached hydrogens (tertiary/aromatic N) is 1. The van der Waals surface area contributed by atoms with Crippen LogP contribution in [0.2, 0.25) is 0 Å². The largest absolute Gasteiger partial charge is 0.497 e. The molecule has 0 aliphatic carbocycles. The summed E-state index contributed by atoms with van der Waals surface area (Å²) in [4.78, 5) is 16.2. The van der Waals surface area contributed by atoms with Gasteiger partial charge in [-0.3, -0.25) is 4.79 Å². The Morgan fingerprint density at radius 2 is 1.82 bits per heavy atom. The van der Waals surface area contributed by atoms with Crippen molar-refractivity contribution in [3.05, 3.63) is 29.8 Å². The summed E-state index contributed by atoms with van der Waals surface area (Å²) in [5, 5.41) is 0. The Balaban J connectivity index is 1.54. The van der Waals surface area contributed by atoms with E-state index in [0.29, 0.717) is 6.04 Å². The molecule has 2 saturated heterocycles. The van der Waals surface area contributed by atoms with Crippen LogP contribution in [0.15, 0.2) is 24.3 Å². The van der Waals surface area contributed by atoms with Crippen molar-refractivity contribution in [1.29, 1.82) is 0 Å². The van der Waals surface area contributed by atoms with E-state index in [9.17, 15) is 4.79 Å². The summed E-state index contributed by atoms with van der Waals surface area (Å²) in [7, 11) is 1.63. The molecule has 5 nitrogen and oxygen atoms in total. The first-order chi connectivity index (χ1) is 10.8. The van der Waals surface area contributed by atoms with Gasteiger partial charge in [0.1, 0.15) is 18.8 Å². The van der Waals surface area contributed by atoms with Crippen LogP contribution in [-0.4, -0.2) is 63.4 Å². The lowest BCUT2D eigenvalue weighted by atomic mass is 10.0. The van der Waals surface area contributed by atoms with Crippen LogP contribution < -0.4 is 9.64 Å². The second-order valence-corrected chi connectivity index (χ2v) is 6.07. The quantitative estimate of drug-likeness (QED) is 0.868. The Hall–Kier alpha value is -1.59. The van der Waals surface area contributed by atoms with Crippen LogP contribution in [0.4, 0.5) is 0 Å². The fraction of sp³-hybridized carbons (Fsp3) is 0.588. The maximum Gasteiger partial charge on any atom is 0.253 e. The number of rotatable bonds is 3. The first kappa shape index (κ1) is 15.3. The number of methoxy groups -OCH3 is 1. The maximum absolute atomic E-state index is 12.5. The molecule has 0 aromatic heterocycles. The number of amides is 1. The molecule has 120 valence electrons. The molecule has 1 amide bonds. The number of piperidine rings is 1. The van der Waals surface area contributed by atoms with E-state index in [2.05, 4.69) is 0 Å². The molecule has 0 atom stereocenters. The Bertz CT molecular complexity index is 489. The monoisotopic (exact) mass is 305 g/mol. The maximum atomic E-state index is 12.5. The minimum Gasteiger partial charge on any atom is -0.497 e. The highest BCUT2D eigenvalue weighted by atomic mass is 16.5. The molecule has 0 radical (unpaired) electrons. The van der Waals surface area contributed by atoms with Gasteiger partial charge in [-0.15, -0.1) is 0 Å². The Kier molecular flexibility index (Phi) is 4.95. The van der Waals surface area contributed by atoms with E-state index in [0.717, 1.165) is 63.5 Å². The second kappa shape index (κ2) is 7.11. The molecule has 5 heteroatoms. The van der Waals surface area contributed by atoms with Gasteiger partial charge in [0.05, 0.1) is 26.4 Å². The SMILES string of the molecule is COc1ccc(C(=O)N2CCC([NH+]3CCOCC3)CC2)cc1. The number of ether oxygens (including phenoxy) is 2. The fourth-order valence-electron chi connectivity index (χ4n) is 3.45. The van der Waals surface area contributed by atoms with Crippen molar-refractivity contribution in [3.8, 4) is 5.75 Å². The van der Waals surface area contributed by atoms with Crippen molar-refractivity contribution < 1.29 is 19.2 Å². The lowest BCUT2D eigenvalue weighted by Crippen LogP contribution is -3.18. The molecule has 1 N–H and O–H groups in total. The number of benzene rings is 1. The van der Waals surface area contributed by atoms with E-state index in [1.807, 2.05) is 29.2 Å². The van der Waals surface area contributed by atoms with Crippen LogP contribution in [0.3, 0.4) is 0 Å². The number of carbonyl (C=O) groups is 1.